The third-order valence-electron chi connectivity index (χ3n) is 5.39. The van der Waals surface area contributed by atoms with Crippen molar-refractivity contribution in [2.75, 3.05) is 0 Å². The maximum Gasteiger partial charge on any atom is 0.220 e. The highest BCUT2D eigenvalue weighted by molar-refractivity contribution is 5.86. The number of nitrogens with zero attached hydrogens (tertiary/aromatic N) is 1. The van der Waals surface area contributed by atoms with Gasteiger partial charge in [-0.25, -0.2) is 4.39 Å². The summed E-state index contributed by atoms with van der Waals surface area (Å²) >= 11 is 0. The summed E-state index contributed by atoms with van der Waals surface area (Å²) in [5.74, 6) is -0.0557. The van der Waals surface area contributed by atoms with Crippen molar-refractivity contribution in [3.8, 4) is 0 Å². The minimum Gasteiger partial charge on any atom is -0.352 e. The highest BCUT2D eigenvalue weighted by Crippen LogP contribution is 2.18. The van der Waals surface area contributed by atoms with E-state index in [2.05, 4.69) is 54.2 Å². The van der Waals surface area contributed by atoms with Gasteiger partial charge < -0.3 is 9.88 Å². The second-order valence-corrected chi connectivity index (χ2v) is 7.30. The van der Waals surface area contributed by atoms with Crippen LogP contribution in [0.25, 0.3) is 23.1 Å². The SMILES string of the molecule is Cc1cccc2c1c1c(n2C)=CC(CC(=O)NCc2ccc(F)cc2)CC=1. The first-order valence-corrected chi connectivity index (χ1v) is 9.30. The predicted octanol–water partition coefficient (Wildman–Crippen LogP) is 2.91. The van der Waals surface area contributed by atoms with Gasteiger partial charge in [-0.3, -0.25) is 4.79 Å². The van der Waals surface area contributed by atoms with E-state index in [1.54, 1.807) is 12.1 Å². The van der Waals surface area contributed by atoms with Gasteiger partial charge in [0.2, 0.25) is 5.91 Å². The summed E-state index contributed by atoms with van der Waals surface area (Å²) in [6.45, 7) is 2.57. The van der Waals surface area contributed by atoms with Crippen molar-refractivity contribution in [3.05, 3.63) is 70.0 Å². The number of fused-ring (bicyclic) bond motifs is 3. The molecule has 0 saturated heterocycles. The molecule has 1 heterocycles. The number of rotatable bonds is 4. The van der Waals surface area contributed by atoms with E-state index in [1.165, 1.54) is 39.2 Å². The first-order chi connectivity index (χ1) is 13.0. The van der Waals surface area contributed by atoms with Crippen molar-refractivity contribution >= 4 is 29.0 Å². The van der Waals surface area contributed by atoms with Gasteiger partial charge in [0, 0.05) is 41.5 Å². The first kappa shape index (κ1) is 17.5. The van der Waals surface area contributed by atoms with Crippen LogP contribution in [0.4, 0.5) is 4.39 Å². The Balaban J connectivity index is 1.50. The maximum absolute atomic E-state index is 13.0. The van der Waals surface area contributed by atoms with Gasteiger partial charge >= 0.3 is 0 Å². The zero-order chi connectivity index (χ0) is 19.0. The van der Waals surface area contributed by atoms with Crippen molar-refractivity contribution in [2.24, 2.45) is 13.0 Å². The number of nitrogens with one attached hydrogen (secondary N) is 1. The fraction of sp³-hybridized carbons (Fsp3) is 0.261. The normalized spacial score (nSPS) is 15.7. The first-order valence-electron chi connectivity index (χ1n) is 9.30. The molecule has 0 aliphatic heterocycles. The number of benzene rings is 2. The van der Waals surface area contributed by atoms with E-state index in [9.17, 15) is 9.18 Å². The van der Waals surface area contributed by atoms with Crippen LogP contribution in [-0.2, 0) is 18.4 Å². The van der Waals surface area contributed by atoms with Gasteiger partial charge in [0.1, 0.15) is 5.82 Å². The van der Waals surface area contributed by atoms with Crippen LogP contribution in [0.3, 0.4) is 0 Å². The number of carbonyl (C=O) groups is 1. The van der Waals surface area contributed by atoms with Gasteiger partial charge in [-0.05, 0) is 48.6 Å². The smallest absolute Gasteiger partial charge is 0.220 e. The van der Waals surface area contributed by atoms with E-state index >= 15 is 0 Å². The van der Waals surface area contributed by atoms with Gasteiger partial charge in [0.25, 0.3) is 0 Å². The lowest BCUT2D eigenvalue weighted by atomic mass is 9.95. The van der Waals surface area contributed by atoms with E-state index < -0.39 is 0 Å². The van der Waals surface area contributed by atoms with E-state index in [1.807, 2.05) is 0 Å². The van der Waals surface area contributed by atoms with Crippen molar-refractivity contribution < 1.29 is 9.18 Å². The number of carbonyl (C=O) groups excluding carboxylic acids is 1. The lowest BCUT2D eigenvalue weighted by molar-refractivity contribution is -0.121. The molecule has 1 aliphatic carbocycles. The summed E-state index contributed by atoms with van der Waals surface area (Å²) in [5.41, 5.74) is 3.41. The third kappa shape index (κ3) is 3.39. The highest BCUT2D eigenvalue weighted by atomic mass is 19.1. The Labute approximate surface area is 157 Å². The minimum atomic E-state index is -0.265. The molecule has 1 N–H and O–H groups in total. The van der Waals surface area contributed by atoms with E-state index in [0.717, 1.165) is 12.0 Å². The Morgan fingerprint density at radius 3 is 2.78 bits per heavy atom. The van der Waals surface area contributed by atoms with Crippen LogP contribution < -0.4 is 15.9 Å². The highest BCUT2D eigenvalue weighted by Gasteiger charge is 2.16. The monoisotopic (exact) mass is 362 g/mol. The van der Waals surface area contributed by atoms with Crippen LogP contribution >= 0.6 is 0 Å². The summed E-state index contributed by atoms with van der Waals surface area (Å²) in [4.78, 5) is 12.3. The Kier molecular flexibility index (Phi) is 4.56. The molecule has 0 spiro atoms. The molecule has 3 nitrogen and oxygen atoms in total. The van der Waals surface area contributed by atoms with E-state index in [-0.39, 0.29) is 17.6 Å². The Morgan fingerprint density at radius 2 is 2.00 bits per heavy atom. The molecule has 1 aromatic heterocycles. The largest absolute Gasteiger partial charge is 0.352 e. The standard InChI is InChI=1S/C23H23FN2O/c1-15-4-3-5-20-23(15)19-11-8-17(12-21(19)26(20)2)13-22(27)25-14-16-6-9-18(24)10-7-16/h3-7,9-12,17H,8,13-14H2,1-2H3,(H,25,27). The number of aryl methyl sites for hydroxylation is 2. The van der Waals surface area contributed by atoms with Gasteiger partial charge in [0.05, 0.1) is 0 Å². The Bertz CT molecular complexity index is 1130. The quantitative estimate of drug-likeness (QED) is 0.761. The van der Waals surface area contributed by atoms with Crippen molar-refractivity contribution in [3.63, 3.8) is 0 Å². The summed E-state index contributed by atoms with van der Waals surface area (Å²) in [5, 5.41) is 6.73. The number of amides is 1. The second kappa shape index (κ2) is 7.03. The maximum atomic E-state index is 13.0. The number of halogens is 1. The van der Waals surface area contributed by atoms with Crippen molar-refractivity contribution in [1.82, 2.24) is 9.88 Å². The number of hydrogen-bond acceptors (Lipinski definition) is 1. The minimum absolute atomic E-state index is 0.0207. The molecule has 2 aromatic carbocycles. The summed E-state index contributed by atoms with van der Waals surface area (Å²) in [6.07, 6.45) is 5.82. The topological polar surface area (TPSA) is 34.0 Å². The van der Waals surface area contributed by atoms with Crippen LogP contribution in [0.2, 0.25) is 0 Å². The molecule has 0 saturated carbocycles. The van der Waals surface area contributed by atoms with Crippen LogP contribution in [-0.4, -0.2) is 10.5 Å². The fourth-order valence-corrected chi connectivity index (χ4v) is 3.94. The molecule has 3 aromatic rings. The molecule has 1 unspecified atom stereocenters. The predicted molar refractivity (Wildman–Crippen MR) is 107 cm³/mol. The van der Waals surface area contributed by atoms with Crippen molar-refractivity contribution in [2.45, 2.75) is 26.3 Å². The molecule has 0 fully saturated rings. The Hall–Kier alpha value is -2.88. The van der Waals surface area contributed by atoms with Gasteiger partial charge in [-0.2, -0.15) is 0 Å². The van der Waals surface area contributed by atoms with Crippen LogP contribution in [0.1, 0.15) is 24.0 Å². The zero-order valence-corrected chi connectivity index (χ0v) is 15.6. The average Bonchev–Trinajstić information content (AvgIpc) is 2.95. The zero-order valence-electron chi connectivity index (χ0n) is 15.6. The van der Waals surface area contributed by atoms with Gasteiger partial charge in [0.15, 0.2) is 0 Å². The molecule has 1 atom stereocenters. The molecular weight excluding hydrogens is 339 g/mol. The average molecular weight is 362 g/mol. The molecule has 0 radical (unpaired) electrons. The summed E-state index contributed by atoms with van der Waals surface area (Å²) in [7, 11) is 2.09. The lowest BCUT2D eigenvalue weighted by Crippen LogP contribution is -2.33. The van der Waals surface area contributed by atoms with Gasteiger partial charge in [-0.15, -0.1) is 0 Å². The lowest BCUT2D eigenvalue weighted by Gasteiger charge is -2.13. The fourth-order valence-electron chi connectivity index (χ4n) is 3.94. The summed E-state index contributed by atoms with van der Waals surface area (Å²) < 4.78 is 15.2. The second-order valence-electron chi connectivity index (χ2n) is 7.30. The van der Waals surface area contributed by atoms with E-state index in [0.29, 0.717) is 13.0 Å². The molecule has 4 rings (SSSR count). The molecule has 138 valence electrons. The third-order valence-corrected chi connectivity index (χ3v) is 5.39. The molecule has 0 bridgehead atoms. The molecule has 1 amide bonds. The Morgan fingerprint density at radius 1 is 1.22 bits per heavy atom. The van der Waals surface area contributed by atoms with Crippen LogP contribution in [0.5, 0.6) is 0 Å². The van der Waals surface area contributed by atoms with Crippen LogP contribution in [0, 0.1) is 18.7 Å². The summed E-state index contributed by atoms with van der Waals surface area (Å²) in [6, 6.07) is 12.6. The van der Waals surface area contributed by atoms with Gasteiger partial charge in [-0.1, -0.05) is 36.4 Å². The number of hydrogen-bond donors (Lipinski definition) is 1. The molecule has 27 heavy (non-hydrogen) atoms. The number of aromatic nitrogens is 1. The van der Waals surface area contributed by atoms with E-state index in [4.69, 9.17) is 0 Å². The van der Waals surface area contributed by atoms with Crippen LogP contribution in [0.15, 0.2) is 42.5 Å². The van der Waals surface area contributed by atoms with Crippen molar-refractivity contribution in [1.29, 1.82) is 0 Å². The molecular formula is C23H23FN2O. The molecule has 1 aliphatic rings. The molecule has 4 heteroatoms.